The second-order valence-electron chi connectivity index (χ2n) is 5.08. The molecule has 0 amide bonds. The highest BCUT2D eigenvalue weighted by molar-refractivity contribution is 5.22. The molecular formula is C14H17F3O. The summed E-state index contributed by atoms with van der Waals surface area (Å²) >= 11 is 0. The zero-order valence-corrected chi connectivity index (χ0v) is 10.3. The van der Waals surface area contributed by atoms with Crippen LogP contribution in [0.3, 0.4) is 0 Å². The first-order valence-electron chi connectivity index (χ1n) is 6.30. The lowest BCUT2D eigenvalue weighted by atomic mass is 9.82. The number of ether oxygens (including phenoxy) is 1. The number of hydrogen-bond acceptors (Lipinski definition) is 1. The van der Waals surface area contributed by atoms with Crippen molar-refractivity contribution in [1.82, 2.24) is 0 Å². The maximum Gasteiger partial charge on any atom is 0.400 e. The third kappa shape index (κ3) is 3.18. The number of rotatable bonds is 3. The average Bonchev–Trinajstić information content (AvgIpc) is 2.29. The van der Waals surface area contributed by atoms with Gasteiger partial charge in [0, 0.05) is 6.07 Å². The van der Waals surface area contributed by atoms with Gasteiger partial charge >= 0.3 is 6.11 Å². The standard InChI is InChI=1S/C14H17F3O/c1-10-5-7-11(8-6-10)14(16,17)18-13-4-2-3-12(15)9-13/h2-4,9-11H,5-8H2,1H3. The zero-order chi connectivity index (χ0) is 13.2. The quantitative estimate of drug-likeness (QED) is 0.768. The molecule has 1 saturated carbocycles. The molecule has 0 N–H and O–H groups in total. The number of halogens is 3. The minimum atomic E-state index is -3.21. The van der Waals surface area contributed by atoms with Gasteiger partial charge in [0.25, 0.3) is 0 Å². The van der Waals surface area contributed by atoms with Crippen LogP contribution in [0, 0.1) is 17.7 Å². The van der Waals surface area contributed by atoms with E-state index in [0.717, 1.165) is 18.9 Å². The first kappa shape index (κ1) is 13.2. The summed E-state index contributed by atoms with van der Waals surface area (Å²) in [7, 11) is 0. The van der Waals surface area contributed by atoms with E-state index in [1.807, 2.05) is 0 Å². The second-order valence-corrected chi connectivity index (χ2v) is 5.08. The van der Waals surface area contributed by atoms with Crippen LogP contribution in [0.15, 0.2) is 24.3 Å². The molecule has 0 heterocycles. The van der Waals surface area contributed by atoms with Crippen LogP contribution in [0.25, 0.3) is 0 Å². The summed E-state index contributed by atoms with van der Waals surface area (Å²) in [6.45, 7) is 2.07. The average molecular weight is 258 g/mol. The minimum absolute atomic E-state index is 0.112. The van der Waals surface area contributed by atoms with Gasteiger partial charge in [0.05, 0.1) is 5.92 Å². The second kappa shape index (κ2) is 5.21. The normalized spacial score (nSPS) is 24.9. The maximum atomic E-state index is 13.9. The smallest absolute Gasteiger partial charge is 0.400 e. The summed E-state index contributed by atoms with van der Waals surface area (Å²) in [5.74, 6) is -0.942. The predicted octanol–water partition coefficient (Wildman–Crippen LogP) is 4.62. The van der Waals surface area contributed by atoms with Gasteiger partial charge < -0.3 is 4.74 Å². The van der Waals surface area contributed by atoms with Crippen LogP contribution in [0.2, 0.25) is 0 Å². The van der Waals surface area contributed by atoms with Gasteiger partial charge in [-0.2, -0.15) is 8.78 Å². The Kier molecular flexibility index (Phi) is 3.83. The Morgan fingerprint density at radius 2 is 1.83 bits per heavy atom. The van der Waals surface area contributed by atoms with Crippen LogP contribution < -0.4 is 4.74 Å². The summed E-state index contributed by atoms with van der Waals surface area (Å²) in [5, 5.41) is 0. The minimum Gasteiger partial charge on any atom is -0.432 e. The van der Waals surface area contributed by atoms with Crippen LogP contribution in [-0.2, 0) is 0 Å². The molecule has 100 valence electrons. The van der Waals surface area contributed by atoms with Crippen molar-refractivity contribution in [3.05, 3.63) is 30.1 Å². The molecule has 0 aliphatic heterocycles. The van der Waals surface area contributed by atoms with Crippen molar-refractivity contribution in [2.45, 2.75) is 38.7 Å². The third-order valence-corrected chi connectivity index (χ3v) is 3.54. The highest BCUT2D eigenvalue weighted by Crippen LogP contribution is 2.39. The summed E-state index contributed by atoms with van der Waals surface area (Å²) in [4.78, 5) is 0. The number of hydrogen-bond donors (Lipinski definition) is 0. The van der Waals surface area contributed by atoms with Gasteiger partial charge in [0.15, 0.2) is 0 Å². The summed E-state index contributed by atoms with van der Waals surface area (Å²) in [6, 6.07) is 4.90. The molecular weight excluding hydrogens is 241 g/mol. The van der Waals surface area contributed by atoms with Crippen molar-refractivity contribution in [1.29, 1.82) is 0 Å². The molecule has 1 aromatic carbocycles. The van der Waals surface area contributed by atoms with E-state index >= 15 is 0 Å². The maximum absolute atomic E-state index is 13.9. The molecule has 1 aliphatic carbocycles. The van der Waals surface area contributed by atoms with Crippen LogP contribution in [0.5, 0.6) is 5.75 Å². The molecule has 0 saturated heterocycles. The molecule has 0 aromatic heterocycles. The van der Waals surface area contributed by atoms with Crippen LogP contribution in [-0.4, -0.2) is 6.11 Å². The Morgan fingerprint density at radius 3 is 2.44 bits per heavy atom. The number of benzene rings is 1. The lowest BCUT2D eigenvalue weighted by Crippen LogP contribution is -2.36. The van der Waals surface area contributed by atoms with Crippen molar-refractivity contribution >= 4 is 0 Å². The van der Waals surface area contributed by atoms with E-state index in [9.17, 15) is 13.2 Å². The van der Waals surface area contributed by atoms with E-state index in [2.05, 4.69) is 11.7 Å². The lowest BCUT2D eigenvalue weighted by molar-refractivity contribution is -0.223. The van der Waals surface area contributed by atoms with Gasteiger partial charge in [-0.1, -0.05) is 25.8 Å². The van der Waals surface area contributed by atoms with E-state index in [-0.39, 0.29) is 5.75 Å². The largest absolute Gasteiger partial charge is 0.432 e. The van der Waals surface area contributed by atoms with Gasteiger partial charge in [-0.05, 0) is 30.9 Å². The van der Waals surface area contributed by atoms with Crippen molar-refractivity contribution in [2.75, 3.05) is 0 Å². The van der Waals surface area contributed by atoms with Crippen molar-refractivity contribution in [3.8, 4) is 5.75 Å². The summed E-state index contributed by atoms with van der Waals surface area (Å²) in [5.41, 5.74) is 0. The van der Waals surface area contributed by atoms with Crippen molar-refractivity contribution in [2.24, 2.45) is 11.8 Å². The Bertz CT molecular complexity index is 398. The monoisotopic (exact) mass is 258 g/mol. The van der Waals surface area contributed by atoms with E-state index in [0.29, 0.717) is 18.8 Å². The van der Waals surface area contributed by atoms with Gasteiger partial charge in [-0.15, -0.1) is 0 Å². The molecule has 18 heavy (non-hydrogen) atoms. The molecule has 1 nitrogen and oxygen atoms in total. The molecule has 0 spiro atoms. The fourth-order valence-corrected chi connectivity index (χ4v) is 2.37. The van der Waals surface area contributed by atoms with Gasteiger partial charge in [-0.25, -0.2) is 4.39 Å². The van der Waals surface area contributed by atoms with Crippen LogP contribution in [0.4, 0.5) is 13.2 Å². The molecule has 1 fully saturated rings. The Morgan fingerprint density at radius 1 is 1.17 bits per heavy atom. The summed E-state index contributed by atoms with van der Waals surface area (Å²) < 4.78 is 45.4. The fourth-order valence-electron chi connectivity index (χ4n) is 2.37. The molecule has 0 radical (unpaired) electrons. The molecule has 1 aromatic rings. The van der Waals surface area contributed by atoms with Crippen LogP contribution in [0.1, 0.15) is 32.6 Å². The van der Waals surface area contributed by atoms with Gasteiger partial charge in [-0.3, -0.25) is 0 Å². The van der Waals surface area contributed by atoms with E-state index in [1.165, 1.54) is 18.2 Å². The van der Waals surface area contributed by atoms with E-state index in [4.69, 9.17) is 0 Å². The highest BCUT2D eigenvalue weighted by Gasteiger charge is 2.43. The number of alkyl halides is 2. The zero-order valence-electron chi connectivity index (χ0n) is 10.3. The summed E-state index contributed by atoms with van der Waals surface area (Å²) in [6.07, 6.45) is -0.694. The third-order valence-electron chi connectivity index (χ3n) is 3.54. The van der Waals surface area contributed by atoms with E-state index < -0.39 is 17.8 Å². The first-order chi connectivity index (χ1) is 8.47. The molecule has 0 atom stereocenters. The van der Waals surface area contributed by atoms with Gasteiger partial charge in [0.1, 0.15) is 11.6 Å². The van der Waals surface area contributed by atoms with Crippen LogP contribution >= 0.6 is 0 Å². The molecule has 0 bridgehead atoms. The molecule has 2 rings (SSSR count). The first-order valence-corrected chi connectivity index (χ1v) is 6.30. The van der Waals surface area contributed by atoms with Crippen molar-refractivity contribution < 1.29 is 17.9 Å². The highest BCUT2D eigenvalue weighted by atomic mass is 19.3. The molecule has 0 unspecified atom stereocenters. The topological polar surface area (TPSA) is 9.23 Å². The Labute approximate surface area is 105 Å². The SMILES string of the molecule is CC1CCC(C(F)(F)Oc2cccc(F)c2)CC1. The molecule has 4 heteroatoms. The fraction of sp³-hybridized carbons (Fsp3) is 0.571. The van der Waals surface area contributed by atoms with Crippen molar-refractivity contribution in [3.63, 3.8) is 0 Å². The lowest BCUT2D eigenvalue weighted by Gasteiger charge is -2.32. The van der Waals surface area contributed by atoms with E-state index in [1.54, 1.807) is 0 Å². The molecule has 1 aliphatic rings. The van der Waals surface area contributed by atoms with Gasteiger partial charge in [0.2, 0.25) is 0 Å². The Balaban J connectivity index is 2.02. The Hall–Kier alpha value is -1.19. The predicted molar refractivity (Wildman–Crippen MR) is 63.1 cm³/mol.